The van der Waals surface area contributed by atoms with E-state index in [0.717, 1.165) is 0 Å². The van der Waals surface area contributed by atoms with E-state index in [1.54, 1.807) is 0 Å². The van der Waals surface area contributed by atoms with Gasteiger partial charge >= 0.3 is 0 Å². The number of rotatable bonds is 0. The summed E-state index contributed by atoms with van der Waals surface area (Å²) in [5, 5.41) is 0. The Bertz CT molecular complexity index is 13.0. The molecule has 6 nitrogen and oxygen atoms in total. The maximum Gasteiger partial charge on any atom is 0 e. The van der Waals surface area contributed by atoms with E-state index in [-0.39, 0.29) is 90.9 Å². The van der Waals surface area contributed by atoms with Crippen LogP contribution < -0.4 is 36.9 Å². The predicted octanol–water partition coefficient (Wildman–Crippen LogP) is 2.23. The molecule has 0 aliphatic heterocycles. The van der Waals surface area contributed by atoms with E-state index in [4.69, 9.17) is 0 Å². The fraction of sp³-hybridized carbons (Fsp3) is 0. The Hall–Kier alpha value is 1.14. The molecule has 0 amide bonds. The van der Waals surface area contributed by atoms with Crippen LogP contribution in [0.4, 0.5) is 0 Å². The summed E-state index contributed by atoms with van der Waals surface area (Å²) in [4.78, 5) is 0. The van der Waals surface area contributed by atoms with E-state index in [9.17, 15) is 0 Å². The largest absolute Gasteiger partial charge is 0.344 e. The van der Waals surface area contributed by atoms with Crippen molar-refractivity contribution in [2.75, 3.05) is 0 Å². The standard InChI is InChI=1S/3ClH.Co.6H3N/h3*1H;;6*1H3. The Morgan fingerprint density at radius 1 is 0.300 bits per heavy atom. The monoisotopic (exact) mass is 269 g/mol. The molecular weight excluding hydrogens is 249 g/mol. The fourth-order valence-electron chi connectivity index (χ4n) is 0. The normalized spacial score (nSPS) is 0. The van der Waals surface area contributed by atoms with Crippen LogP contribution in [-0.2, 0) is 16.8 Å². The van der Waals surface area contributed by atoms with Gasteiger partial charge in [-0.2, -0.15) is 0 Å². The summed E-state index contributed by atoms with van der Waals surface area (Å²) < 4.78 is 0. The second-order valence-corrected chi connectivity index (χ2v) is 0. The van der Waals surface area contributed by atoms with Crippen LogP contribution in [0.15, 0.2) is 0 Å². The van der Waals surface area contributed by atoms with Crippen LogP contribution in [0.1, 0.15) is 0 Å². The molecule has 18 N–H and O–H groups in total. The van der Waals surface area contributed by atoms with Crippen LogP contribution in [0.3, 0.4) is 0 Å². The summed E-state index contributed by atoms with van der Waals surface area (Å²) >= 11 is 0. The summed E-state index contributed by atoms with van der Waals surface area (Å²) in [6.07, 6.45) is 0. The summed E-state index contributed by atoms with van der Waals surface area (Å²) in [5.41, 5.74) is 0. The first kappa shape index (κ1) is 886. The molecule has 0 aliphatic rings. The minimum atomic E-state index is 0. The van der Waals surface area contributed by atoms with Crippen LogP contribution in [0.5, 0.6) is 0 Å². The fourth-order valence-corrected chi connectivity index (χ4v) is 0. The van der Waals surface area contributed by atoms with Crippen molar-refractivity contribution in [2.24, 2.45) is 0 Å². The van der Waals surface area contributed by atoms with E-state index in [0.29, 0.717) is 0 Å². The molecule has 0 aromatic heterocycles. The van der Waals surface area contributed by atoms with Gasteiger partial charge in [0, 0.05) is 16.8 Å². The van der Waals surface area contributed by atoms with Gasteiger partial charge in [0.05, 0.1) is 0 Å². The van der Waals surface area contributed by atoms with Crippen LogP contribution in [0, 0.1) is 0 Å². The van der Waals surface area contributed by atoms with Crippen LogP contribution >= 0.6 is 37.2 Å². The molecule has 0 aliphatic carbocycles. The molecule has 0 heterocycles. The van der Waals surface area contributed by atoms with Gasteiger partial charge in [0.1, 0.15) is 0 Å². The molecule has 0 atom stereocenters. The SMILES string of the molecule is Cl.Cl.Cl.N.N.N.N.N.N.[Co]. The molecule has 0 rings (SSSR count). The third-order valence-corrected chi connectivity index (χ3v) is 0. The Labute approximate surface area is 91.0 Å². The van der Waals surface area contributed by atoms with Gasteiger partial charge in [0.15, 0.2) is 0 Å². The van der Waals surface area contributed by atoms with Crippen molar-refractivity contribution in [3.63, 3.8) is 0 Å². The number of hydrogen-bond donors (Lipinski definition) is 6. The molecule has 0 aromatic rings. The molecule has 0 saturated carbocycles. The van der Waals surface area contributed by atoms with Crippen LogP contribution in [-0.4, -0.2) is 0 Å². The smallest absolute Gasteiger partial charge is 0 e. The van der Waals surface area contributed by atoms with E-state index in [2.05, 4.69) is 0 Å². The Kier molecular flexibility index (Phi) is 58000. The second kappa shape index (κ2) is 655. The molecule has 0 bridgehead atoms. The first-order chi connectivity index (χ1) is 0. The first-order valence-electron chi connectivity index (χ1n) is 0. The van der Waals surface area contributed by atoms with Gasteiger partial charge in [-0.05, 0) is 0 Å². The van der Waals surface area contributed by atoms with Crippen molar-refractivity contribution in [1.82, 2.24) is 36.9 Å². The van der Waals surface area contributed by atoms with E-state index < -0.39 is 0 Å². The Balaban J connectivity index is 0. The van der Waals surface area contributed by atoms with Crippen molar-refractivity contribution in [1.29, 1.82) is 0 Å². The average Bonchev–Trinajstić information content (AvgIpc) is 0. The molecular formula is H21Cl3CoN6. The summed E-state index contributed by atoms with van der Waals surface area (Å²) in [6, 6.07) is 0. The van der Waals surface area contributed by atoms with Gasteiger partial charge in [-0.15, -0.1) is 37.2 Å². The topological polar surface area (TPSA) is 210 Å². The molecule has 0 spiro atoms. The van der Waals surface area contributed by atoms with Crippen molar-refractivity contribution >= 4 is 37.2 Å². The third kappa shape index (κ3) is 468. The summed E-state index contributed by atoms with van der Waals surface area (Å²) in [5.74, 6) is 0. The van der Waals surface area contributed by atoms with Gasteiger partial charge in [-0.25, -0.2) is 0 Å². The van der Waals surface area contributed by atoms with Crippen molar-refractivity contribution in [3.05, 3.63) is 0 Å². The van der Waals surface area contributed by atoms with Crippen molar-refractivity contribution < 1.29 is 16.8 Å². The van der Waals surface area contributed by atoms with Crippen LogP contribution in [0.2, 0.25) is 0 Å². The number of hydrogen-bond acceptors (Lipinski definition) is 6. The second-order valence-electron chi connectivity index (χ2n) is 0. The summed E-state index contributed by atoms with van der Waals surface area (Å²) in [7, 11) is 0. The van der Waals surface area contributed by atoms with Crippen molar-refractivity contribution in [3.8, 4) is 0 Å². The molecule has 0 unspecified atom stereocenters. The first-order valence-corrected chi connectivity index (χ1v) is 0. The molecule has 10 heteroatoms. The van der Waals surface area contributed by atoms with Gasteiger partial charge < -0.3 is 36.9 Å². The van der Waals surface area contributed by atoms with Gasteiger partial charge in [-0.1, -0.05) is 0 Å². The van der Waals surface area contributed by atoms with Crippen molar-refractivity contribution in [2.45, 2.75) is 0 Å². The zero-order valence-electron chi connectivity index (χ0n) is 5.80. The molecule has 10 heavy (non-hydrogen) atoms. The molecule has 1 radical (unpaired) electrons. The zero-order chi connectivity index (χ0) is 0. The molecule has 81 valence electrons. The van der Waals surface area contributed by atoms with Gasteiger partial charge in [-0.3, -0.25) is 0 Å². The minimum absolute atomic E-state index is 0. The van der Waals surface area contributed by atoms with Crippen LogP contribution in [0.25, 0.3) is 0 Å². The minimum Gasteiger partial charge on any atom is -0.344 e. The predicted molar refractivity (Wildman–Crippen MR) is 51.9 cm³/mol. The van der Waals surface area contributed by atoms with E-state index >= 15 is 0 Å². The van der Waals surface area contributed by atoms with E-state index in [1.165, 1.54) is 0 Å². The summed E-state index contributed by atoms with van der Waals surface area (Å²) in [6.45, 7) is 0. The Morgan fingerprint density at radius 2 is 0.300 bits per heavy atom. The van der Waals surface area contributed by atoms with Gasteiger partial charge in [0.25, 0.3) is 0 Å². The zero-order valence-corrected chi connectivity index (χ0v) is 9.29. The Morgan fingerprint density at radius 3 is 0.300 bits per heavy atom. The number of halogens is 3. The quantitative estimate of drug-likeness (QED) is 0.388. The molecule has 0 fully saturated rings. The van der Waals surface area contributed by atoms with Gasteiger partial charge in [0.2, 0.25) is 0 Å². The average molecular weight is 271 g/mol. The molecule has 0 aromatic carbocycles. The van der Waals surface area contributed by atoms with E-state index in [1.807, 2.05) is 0 Å². The maximum atomic E-state index is 0. The molecule has 0 saturated heterocycles. The maximum absolute atomic E-state index is 0. The third-order valence-electron chi connectivity index (χ3n) is 0.